The predicted molar refractivity (Wildman–Crippen MR) is 78.1 cm³/mol. The molecule has 3 rings (SSSR count). The number of hydrogen-bond acceptors (Lipinski definition) is 2. The summed E-state index contributed by atoms with van der Waals surface area (Å²) >= 11 is 0. The first kappa shape index (κ1) is 12.8. The number of aryl methyl sites for hydroxylation is 1. The van der Waals surface area contributed by atoms with E-state index in [9.17, 15) is 9.90 Å². The highest BCUT2D eigenvalue weighted by Gasteiger charge is 2.23. The lowest BCUT2D eigenvalue weighted by Crippen LogP contribution is -2.23. The van der Waals surface area contributed by atoms with Crippen molar-refractivity contribution in [3.63, 3.8) is 0 Å². The predicted octanol–water partition coefficient (Wildman–Crippen LogP) is 3.48. The normalized spacial score (nSPS) is 14.8. The highest BCUT2D eigenvalue weighted by atomic mass is 16.3. The SMILES string of the molecule is Cc1cc(NC(=O)c2cccn2C2CCC2)ccc1O. The third-order valence-corrected chi connectivity index (χ3v) is 3.93. The van der Waals surface area contributed by atoms with E-state index in [1.54, 1.807) is 18.2 Å². The topological polar surface area (TPSA) is 54.3 Å². The molecular weight excluding hydrogens is 252 g/mol. The van der Waals surface area contributed by atoms with Gasteiger partial charge in [-0.25, -0.2) is 0 Å². The standard InChI is InChI=1S/C16H18N2O2/c1-11-10-12(7-8-15(11)19)17-16(20)14-6-3-9-18(14)13-4-2-5-13/h3,6-10,13,19H,2,4-5H2,1H3,(H,17,20). The number of hydrogen-bond donors (Lipinski definition) is 2. The van der Waals surface area contributed by atoms with Crippen molar-refractivity contribution in [2.24, 2.45) is 0 Å². The number of nitrogens with zero attached hydrogens (tertiary/aromatic N) is 1. The highest BCUT2D eigenvalue weighted by Crippen LogP contribution is 2.33. The third-order valence-electron chi connectivity index (χ3n) is 3.93. The Morgan fingerprint density at radius 1 is 1.35 bits per heavy atom. The lowest BCUT2D eigenvalue weighted by molar-refractivity contribution is 0.101. The van der Waals surface area contributed by atoms with E-state index in [0.717, 1.165) is 18.4 Å². The van der Waals surface area contributed by atoms with Crippen LogP contribution in [0.3, 0.4) is 0 Å². The average molecular weight is 270 g/mol. The van der Waals surface area contributed by atoms with Crippen LogP contribution in [-0.2, 0) is 0 Å². The molecule has 0 atom stereocenters. The van der Waals surface area contributed by atoms with Gasteiger partial charge < -0.3 is 15.0 Å². The second-order valence-electron chi connectivity index (χ2n) is 5.34. The Balaban J connectivity index is 1.79. The molecule has 0 bridgehead atoms. The first-order chi connectivity index (χ1) is 9.65. The summed E-state index contributed by atoms with van der Waals surface area (Å²) in [6.07, 6.45) is 5.50. The Bertz CT molecular complexity index is 642. The fourth-order valence-electron chi connectivity index (χ4n) is 2.50. The Kier molecular flexibility index (Phi) is 3.22. The lowest BCUT2D eigenvalue weighted by Gasteiger charge is -2.28. The van der Waals surface area contributed by atoms with Crippen LogP contribution in [0.4, 0.5) is 5.69 Å². The quantitative estimate of drug-likeness (QED) is 0.839. The zero-order chi connectivity index (χ0) is 14.1. The number of rotatable bonds is 3. The molecule has 1 heterocycles. The molecule has 0 radical (unpaired) electrons. The summed E-state index contributed by atoms with van der Waals surface area (Å²) in [5.41, 5.74) is 2.14. The van der Waals surface area contributed by atoms with Gasteiger partial charge in [0.05, 0.1) is 0 Å². The van der Waals surface area contributed by atoms with Gasteiger partial charge in [-0.2, -0.15) is 0 Å². The Morgan fingerprint density at radius 3 is 2.80 bits per heavy atom. The van der Waals surface area contributed by atoms with Gasteiger partial charge in [0.15, 0.2) is 0 Å². The Morgan fingerprint density at radius 2 is 2.15 bits per heavy atom. The van der Waals surface area contributed by atoms with E-state index in [0.29, 0.717) is 17.4 Å². The number of phenols is 1. The molecule has 104 valence electrons. The maximum absolute atomic E-state index is 12.3. The molecule has 1 aliphatic carbocycles. The van der Waals surface area contributed by atoms with Gasteiger partial charge in [0.1, 0.15) is 11.4 Å². The van der Waals surface area contributed by atoms with Gasteiger partial charge in [-0.05, 0) is 62.1 Å². The van der Waals surface area contributed by atoms with Crippen LogP contribution in [0.2, 0.25) is 0 Å². The van der Waals surface area contributed by atoms with Crippen molar-refractivity contribution in [1.29, 1.82) is 0 Å². The molecule has 1 aromatic heterocycles. The minimum absolute atomic E-state index is 0.105. The summed E-state index contributed by atoms with van der Waals surface area (Å²) in [6, 6.07) is 9.29. The molecule has 1 fully saturated rings. The van der Waals surface area contributed by atoms with Gasteiger partial charge in [-0.15, -0.1) is 0 Å². The average Bonchev–Trinajstić information content (AvgIpc) is 2.81. The number of amides is 1. The highest BCUT2D eigenvalue weighted by molar-refractivity contribution is 6.03. The van der Waals surface area contributed by atoms with Gasteiger partial charge >= 0.3 is 0 Å². The molecule has 1 saturated carbocycles. The van der Waals surface area contributed by atoms with Crippen LogP contribution in [-0.4, -0.2) is 15.6 Å². The van der Waals surface area contributed by atoms with Crippen molar-refractivity contribution in [2.45, 2.75) is 32.2 Å². The Hall–Kier alpha value is -2.23. The van der Waals surface area contributed by atoms with Crippen molar-refractivity contribution in [3.8, 4) is 5.75 Å². The molecule has 4 heteroatoms. The molecule has 2 N–H and O–H groups in total. The van der Waals surface area contributed by atoms with Gasteiger partial charge in [0.25, 0.3) is 5.91 Å². The molecule has 2 aromatic rings. The van der Waals surface area contributed by atoms with Crippen molar-refractivity contribution in [1.82, 2.24) is 4.57 Å². The number of phenolic OH excluding ortho intramolecular Hbond substituents is 1. The smallest absolute Gasteiger partial charge is 0.272 e. The molecule has 0 aliphatic heterocycles. The van der Waals surface area contributed by atoms with Crippen molar-refractivity contribution < 1.29 is 9.90 Å². The van der Waals surface area contributed by atoms with E-state index in [-0.39, 0.29) is 11.7 Å². The molecule has 4 nitrogen and oxygen atoms in total. The number of benzene rings is 1. The summed E-state index contributed by atoms with van der Waals surface area (Å²) in [7, 11) is 0. The van der Waals surface area contributed by atoms with E-state index < -0.39 is 0 Å². The number of nitrogens with one attached hydrogen (secondary N) is 1. The molecule has 0 saturated heterocycles. The summed E-state index contributed by atoms with van der Waals surface area (Å²) in [5.74, 6) is 0.132. The van der Waals surface area contributed by atoms with Crippen molar-refractivity contribution in [2.75, 3.05) is 5.32 Å². The largest absolute Gasteiger partial charge is 0.508 e. The van der Waals surface area contributed by atoms with E-state index in [2.05, 4.69) is 9.88 Å². The first-order valence-corrected chi connectivity index (χ1v) is 6.93. The van der Waals surface area contributed by atoms with Crippen LogP contribution >= 0.6 is 0 Å². The molecule has 0 spiro atoms. The van der Waals surface area contributed by atoms with E-state index in [1.165, 1.54) is 6.42 Å². The van der Waals surface area contributed by atoms with Crippen LogP contribution in [0.15, 0.2) is 36.5 Å². The third kappa shape index (κ3) is 2.29. The second-order valence-corrected chi connectivity index (χ2v) is 5.34. The van der Waals surface area contributed by atoms with Crippen LogP contribution < -0.4 is 5.32 Å². The van der Waals surface area contributed by atoms with Crippen LogP contribution in [0.5, 0.6) is 5.75 Å². The number of carbonyl (C=O) groups excluding carboxylic acids is 1. The first-order valence-electron chi connectivity index (χ1n) is 6.93. The molecule has 1 amide bonds. The Labute approximate surface area is 118 Å². The van der Waals surface area contributed by atoms with Gasteiger partial charge in [0.2, 0.25) is 0 Å². The summed E-state index contributed by atoms with van der Waals surface area (Å²) in [4.78, 5) is 12.3. The van der Waals surface area contributed by atoms with Gasteiger partial charge in [-0.3, -0.25) is 4.79 Å². The molecule has 20 heavy (non-hydrogen) atoms. The maximum Gasteiger partial charge on any atom is 0.272 e. The van der Waals surface area contributed by atoms with E-state index in [4.69, 9.17) is 0 Å². The van der Waals surface area contributed by atoms with Crippen molar-refractivity contribution in [3.05, 3.63) is 47.8 Å². The van der Waals surface area contributed by atoms with E-state index in [1.807, 2.05) is 25.3 Å². The molecule has 1 aliphatic rings. The summed E-state index contributed by atoms with van der Waals surface area (Å²) < 4.78 is 2.06. The lowest BCUT2D eigenvalue weighted by atomic mass is 9.93. The number of anilines is 1. The molecular formula is C16H18N2O2. The number of aromatic hydroxyl groups is 1. The monoisotopic (exact) mass is 270 g/mol. The fraction of sp³-hybridized carbons (Fsp3) is 0.312. The van der Waals surface area contributed by atoms with Gasteiger partial charge in [-0.1, -0.05) is 0 Å². The van der Waals surface area contributed by atoms with Crippen LogP contribution in [0.1, 0.15) is 41.4 Å². The minimum Gasteiger partial charge on any atom is -0.508 e. The van der Waals surface area contributed by atoms with Crippen LogP contribution in [0.25, 0.3) is 0 Å². The van der Waals surface area contributed by atoms with E-state index >= 15 is 0 Å². The summed E-state index contributed by atoms with van der Waals surface area (Å²) in [5, 5.41) is 12.4. The molecule has 0 unspecified atom stereocenters. The maximum atomic E-state index is 12.3. The second kappa shape index (κ2) is 5.04. The zero-order valence-electron chi connectivity index (χ0n) is 11.5. The fourth-order valence-corrected chi connectivity index (χ4v) is 2.50. The van der Waals surface area contributed by atoms with Crippen LogP contribution in [0, 0.1) is 6.92 Å². The zero-order valence-corrected chi connectivity index (χ0v) is 11.5. The number of carbonyl (C=O) groups is 1. The molecule has 1 aromatic carbocycles. The van der Waals surface area contributed by atoms with Crippen molar-refractivity contribution >= 4 is 11.6 Å². The number of aromatic nitrogens is 1. The summed E-state index contributed by atoms with van der Waals surface area (Å²) in [6.45, 7) is 1.81. The minimum atomic E-state index is -0.105. The van der Waals surface area contributed by atoms with Gasteiger partial charge in [0, 0.05) is 17.9 Å².